The van der Waals surface area contributed by atoms with E-state index in [4.69, 9.17) is 27.9 Å². The molecule has 0 aliphatic heterocycles. The zero-order valence-corrected chi connectivity index (χ0v) is 13.9. The number of nitrogens with zero attached hydrogens (tertiary/aromatic N) is 1. The third-order valence-electron chi connectivity index (χ3n) is 4.01. The SMILES string of the molecule is COC(=O)c1c2ccccc2c(=O)n2c1[nH]c1cc(Cl)c(Cl)cc12. The number of carbonyl (C=O) groups is 1. The second kappa shape index (κ2) is 5.26. The fraction of sp³-hybridized carbons (Fsp3) is 0.0588. The van der Waals surface area contributed by atoms with E-state index in [9.17, 15) is 9.59 Å². The van der Waals surface area contributed by atoms with Gasteiger partial charge in [-0.25, -0.2) is 4.79 Å². The van der Waals surface area contributed by atoms with Crippen LogP contribution in [0.15, 0.2) is 41.2 Å². The number of rotatable bonds is 1. The molecule has 0 spiro atoms. The van der Waals surface area contributed by atoms with E-state index in [1.54, 1.807) is 36.4 Å². The minimum absolute atomic E-state index is 0.252. The zero-order valence-electron chi connectivity index (χ0n) is 12.4. The minimum Gasteiger partial charge on any atom is -0.465 e. The highest BCUT2D eigenvalue weighted by molar-refractivity contribution is 6.42. The van der Waals surface area contributed by atoms with Crippen LogP contribution in [0.4, 0.5) is 0 Å². The Morgan fingerprint density at radius 3 is 2.50 bits per heavy atom. The van der Waals surface area contributed by atoms with Gasteiger partial charge in [0.05, 0.1) is 28.2 Å². The fourth-order valence-electron chi connectivity index (χ4n) is 2.95. The summed E-state index contributed by atoms with van der Waals surface area (Å²) in [7, 11) is 1.30. The van der Waals surface area contributed by atoms with Crippen LogP contribution in [0, 0.1) is 0 Å². The number of aromatic amines is 1. The predicted octanol–water partition coefficient (Wildman–Crippen LogP) is 4.03. The van der Waals surface area contributed by atoms with Crippen molar-refractivity contribution in [1.29, 1.82) is 0 Å². The molecule has 0 bridgehead atoms. The van der Waals surface area contributed by atoms with E-state index in [0.29, 0.717) is 37.5 Å². The first-order valence-electron chi connectivity index (χ1n) is 7.05. The summed E-state index contributed by atoms with van der Waals surface area (Å²) in [5.74, 6) is -0.535. The summed E-state index contributed by atoms with van der Waals surface area (Å²) in [6, 6.07) is 10.1. The maximum atomic E-state index is 12.9. The van der Waals surface area contributed by atoms with Gasteiger partial charge in [0.2, 0.25) is 0 Å². The van der Waals surface area contributed by atoms with Crippen LogP contribution in [0.2, 0.25) is 10.0 Å². The number of pyridine rings is 1. The van der Waals surface area contributed by atoms with E-state index >= 15 is 0 Å². The van der Waals surface area contributed by atoms with Crippen LogP contribution in [0.25, 0.3) is 27.5 Å². The molecule has 4 aromatic rings. The number of halogens is 2. The molecule has 1 N–H and O–H groups in total. The van der Waals surface area contributed by atoms with E-state index in [0.717, 1.165) is 0 Å². The number of benzene rings is 2. The molecule has 0 fully saturated rings. The molecule has 0 saturated heterocycles. The van der Waals surface area contributed by atoms with Gasteiger partial charge in [0, 0.05) is 10.8 Å². The highest BCUT2D eigenvalue weighted by Crippen LogP contribution is 2.30. The smallest absolute Gasteiger partial charge is 0.342 e. The number of methoxy groups -OCH3 is 1. The third kappa shape index (κ3) is 1.95. The van der Waals surface area contributed by atoms with E-state index in [2.05, 4.69) is 4.98 Å². The largest absolute Gasteiger partial charge is 0.465 e. The summed E-state index contributed by atoms with van der Waals surface area (Å²) in [6.45, 7) is 0. The summed E-state index contributed by atoms with van der Waals surface area (Å²) >= 11 is 12.2. The minimum atomic E-state index is -0.535. The maximum Gasteiger partial charge on any atom is 0.342 e. The Balaban J connectivity index is 2.35. The maximum absolute atomic E-state index is 12.9. The summed E-state index contributed by atoms with van der Waals surface area (Å²) in [5, 5.41) is 1.62. The lowest BCUT2D eigenvalue weighted by Gasteiger charge is -2.07. The Morgan fingerprint density at radius 2 is 1.79 bits per heavy atom. The normalized spacial score (nSPS) is 11.5. The number of aromatic nitrogens is 2. The van der Waals surface area contributed by atoms with Gasteiger partial charge in [0.25, 0.3) is 5.56 Å². The van der Waals surface area contributed by atoms with E-state index in [1.165, 1.54) is 11.5 Å². The number of fused-ring (bicyclic) bond motifs is 4. The lowest BCUT2D eigenvalue weighted by Crippen LogP contribution is -2.17. The first-order valence-corrected chi connectivity index (χ1v) is 7.81. The Hall–Kier alpha value is -2.50. The monoisotopic (exact) mass is 360 g/mol. The van der Waals surface area contributed by atoms with Gasteiger partial charge in [-0.3, -0.25) is 9.20 Å². The molecule has 0 radical (unpaired) electrons. The molecule has 0 saturated carbocycles. The number of H-pyrrole nitrogens is 1. The summed E-state index contributed by atoms with van der Waals surface area (Å²) in [4.78, 5) is 28.4. The van der Waals surface area contributed by atoms with Crippen molar-refractivity contribution in [1.82, 2.24) is 9.38 Å². The number of ether oxygens (including phenoxy) is 1. The summed E-state index contributed by atoms with van der Waals surface area (Å²) in [5.41, 5.74) is 1.52. The molecule has 0 atom stereocenters. The number of carbonyl (C=O) groups excluding carboxylic acids is 1. The van der Waals surface area contributed by atoms with E-state index in [-0.39, 0.29) is 11.1 Å². The Morgan fingerprint density at radius 1 is 1.12 bits per heavy atom. The van der Waals surface area contributed by atoms with Crippen molar-refractivity contribution in [3.8, 4) is 0 Å². The van der Waals surface area contributed by atoms with Crippen molar-refractivity contribution in [3.63, 3.8) is 0 Å². The molecular weight excluding hydrogens is 351 g/mol. The number of hydrogen-bond donors (Lipinski definition) is 1. The van der Waals surface area contributed by atoms with Gasteiger partial charge in [-0.05, 0) is 18.2 Å². The van der Waals surface area contributed by atoms with Crippen LogP contribution >= 0.6 is 23.2 Å². The van der Waals surface area contributed by atoms with Crippen LogP contribution in [-0.2, 0) is 4.74 Å². The predicted molar refractivity (Wildman–Crippen MR) is 94.4 cm³/mol. The Bertz CT molecular complexity index is 1210. The molecule has 0 unspecified atom stereocenters. The highest BCUT2D eigenvalue weighted by Gasteiger charge is 2.21. The molecule has 120 valence electrons. The molecule has 0 aliphatic rings. The molecular formula is C17H10Cl2N2O3. The van der Waals surface area contributed by atoms with Gasteiger partial charge < -0.3 is 9.72 Å². The number of esters is 1. The topological polar surface area (TPSA) is 63.6 Å². The molecule has 2 heterocycles. The summed E-state index contributed by atoms with van der Waals surface area (Å²) in [6.07, 6.45) is 0. The van der Waals surface area contributed by atoms with Crippen molar-refractivity contribution in [2.24, 2.45) is 0 Å². The van der Waals surface area contributed by atoms with E-state index in [1.807, 2.05) is 0 Å². The van der Waals surface area contributed by atoms with Crippen molar-refractivity contribution in [2.75, 3.05) is 7.11 Å². The van der Waals surface area contributed by atoms with Crippen LogP contribution in [0.5, 0.6) is 0 Å². The van der Waals surface area contributed by atoms with Crippen molar-refractivity contribution < 1.29 is 9.53 Å². The van der Waals surface area contributed by atoms with Crippen LogP contribution in [-0.4, -0.2) is 22.5 Å². The standard InChI is InChI=1S/C17H10Cl2N2O3/c1-24-17(23)14-8-4-2-3-5-9(8)16(22)21-13-7-11(19)10(18)6-12(13)20-15(14)21/h2-7,20H,1H3. The first kappa shape index (κ1) is 15.1. The summed E-state index contributed by atoms with van der Waals surface area (Å²) < 4.78 is 6.33. The van der Waals surface area contributed by atoms with Gasteiger partial charge in [0.15, 0.2) is 0 Å². The van der Waals surface area contributed by atoms with Crippen LogP contribution in [0.3, 0.4) is 0 Å². The van der Waals surface area contributed by atoms with Gasteiger partial charge in [-0.2, -0.15) is 0 Å². The zero-order chi connectivity index (χ0) is 17.0. The average Bonchev–Trinajstić information content (AvgIpc) is 2.93. The van der Waals surface area contributed by atoms with Gasteiger partial charge in [-0.15, -0.1) is 0 Å². The average molecular weight is 361 g/mol. The van der Waals surface area contributed by atoms with Crippen molar-refractivity contribution >= 4 is 56.6 Å². The second-order valence-electron chi connectivity index (χ2n) is 5.31. The molecule has 4 rings (SSSR count). The number of hydrogen-bond acceptors (Lipinski definition) is 3. The third-order valence-corrected chi connectivity index (χ3v) is 4.73. The highest BCUT2D eigenvalue weighted by atomic mass is 35.5. The van der Waals surface area contributed by atoms with Gasteiger partial charge >= 0.3 is 5.97 Å². The van der Waals surface area contributed by atoms with Gasteiger partial charge in [0.1, 0.15) is 11.2 Å². The van der Waals surface area contributed by atoms with E-state index < -0.39 is 5.97 Å². The number of nitrogens with one attached hydrogen (secondary N) is 1. The fourth-order valence-corrected chi connectivity index (χ4v) is 3.28. The molecule has 24 heavy (non-hydrogen) atoms. The van der Waals surface area contributed by atoms with Gasteiger partial charge in [-0.1, -0.05) is 41.4 Å². The Labute approximate surface area is 145 Å². The molecule has 2 aromatic carbocycles. The Kier molecular flexibility index (Phi) is 3.30. The molecule has 7 heteroatoms. The van der Waals surface area contributed by atoms with Crippen molar-refractivity contribution in [3.05, 3.63) is 62.4 Å². The number of imidazole rings is 1. The quantitative estimate of drug-likeness (QED) is 0.521. The first-order chi connectivity index (χ1) is 11.5. The van der Waals surface area contributed by atoms with Crippen molar-refractivity contribution in [2.45, 2.75) is 0 Å². The molecule has 0 aliphatic carbocycles. The van der Waals surface area contributed by atoms with Crippen LogP contribution in [0.1, 0.15) is 10.4 Å². The lowest BCUT2D eigenvalue weighted by atomic mass is 10.1. The molecule has 0 amide bonds. The second-order valence-corrected chi connectivity index (χ2v) is 6.12. The van der Waals surface area contributed by atoms with Crippen LogP contribution < -0.4 is 5.56 Å². The molecule has 2 aromatic heterocycles. The molecule has 5 nitrogen and oxygen atoms in total. The lowest BCUT2D eigenvalue weighted by molar-refractivity contribution is 0.0604.